The van der Waals surface area contributed by atoms with Crippen LogP contribution in [0, 0.1) is 0 Å². The number of hydrogen-bond acceptors (Lipinski definition) is 6. The number of benzene rings is 2. The van der Waals surface area contributed by atoms with E-state index in [4.69, 9.17) is 4.74 Å². The Hall–Kier alpha value is -4.11. The Morgan fingerprint density at radius 3 is 2.79 bits per heavy atom. The fourth-order valence-corrected chi connectivity index (χ4v) is 4.09. The topological polar surface area (TPSA) is 104 Å². The fraction of sp³-hybridized carbons (Fsp3) is 0.240. The van der Waals surface area contributed by atoms with Gasteiger partial charge in [-0.05, 0) is 37.3 Å². The van der Waals surface area contributed by atoms with Crippen LogP contribution >= 0.6 is 0 Å². The number of H-pyrrole nitrogens is 1. The van der Waals surface area contributed by atoms with E-state index in [0.29, 0.717) is 35.0 Å². The average molecular weight is 459 g/mol. The van der Waals surface area contributed by atoms with Gasteiger partial charge in [0.25, 0.3) is 0 Å². The molecular weight excluding hydrogens is 430 g/mol. The Morgan fingerprint density at radius 1 is 1.12 bits per heavy atom. The number of carbonyl (C=O) groups is 1. The Labute approximate surface area is 197 Å². The van der Waals surface area contributed by atoms with Crippen molar-refractivity contribution in [1.29, 1.82) is 0 Å². The summed E-state index contributed by atoms with van der Waals surface area (Å²) in [5.41, 5.74) is 4.55. The van der Waals surface area contributed by atoms with E-state index in [1.807, 2.05) is 24.3 Å². The van der Waals surface area contributed by atoms with Crippen LogP contribution in [0.5, 0.6) is 11.6 Å². The summed E-state index contributed by atoms with van der Waals surface area (Å²) in [4.78, 5) is 23.8. The molecule has 2 aromatic heterocycles. The first-order chi connectivity index (χ1) is 16.3. The van der Waals surface area contributed by atoms with Crippen molar-refractivity contribution < 1.29 is 9.53 Å². The number of rotatable bonds is 5. The molecule has 1 aliphatic rings. The summed E-state index contributed by atoms with van der Waals surface area (Å²) >= 11 is 0. The highest BCUT2D eigenvalue weighted by atomic mass is 16.5. The molecule has 4 N–H and O–H groups in total. The SMILES string of the molecule is CC(=O)Nc1cccc(Oc2nc(Nc3ccc4c(c3)[N+](C)(C)C(C)CN4)nc3[nH]ccc23)c1. The highest BCUT2D eigenvalue weighted by Crippen LogP contribution is 2.38. The summed E-state index contributed by atoms with van der Waals surface area (Å²) in [5, 5.41) is 10.4. The van der Waals surface area contributed by atoms with Crippen molar-refractivity contribution in [3.8, 4) is 11.6 Å². The number of hydrogen-bond donors (Lipinski definition) is 4. The third-order valence-electron chi connectivity index (χ3n) is 6.31. The molecule has 0 spiro atoms. The molecule has 1 amide bonds. The number of fused-ring (bicyclic) bond motifs is 2. The molecule has 2 aromatic carbocycles. The second-order valence-electron chi connectivity index (χ2n) is 9.03. The van der Waals surface area contributed by atoms with Gasteiger partial charge in [-0.2, -0.15) is 9.97 Å². The number of carbonyl (C=O) groups excluding carboxylic acids is 1. The van der Waals surface area contributed by atoms with E-state index in [1.165, 1.54) is 12.6 Å². The predicted molar refractivity (Wildman–Crippen MR) is 136 cm³/mol. The molecule has 4 aromatic rings. The molecule has 0 fully saturated rings. The van der Waals surface area contributed by atoms with Gasteiger partial charge >= 0.3 is 0 Å². The number of nitrogens with zero attached hydrogens (tertiary/aromatic N) is 3. The molecule has 1 atom stereocenters. The van der Waals surface area contributed by atoms with Gasteiger partial charge in [0.2, 0.25) is 17.7 Å². The quantitative estimate of drug-likeness (QED) is 0.319. The number of amides is 1. The maximum Gasteiger partial charge on any atom is 0.233 e. The standard InChI is InChI=1S/C25H27N7O2/c1-15-14-27-21-9-8-18(13-22(21)32(15,3)4)29-25-30-23-20(10-11-26-23)24(31-25)34-19-7-5-6-17(12-19)28-16(2)33/h5-13,15,27H,14H2,1-4H3,(H2-,26,28,29,30,31,33)/p+1. The number of anilines is 4. The van der Waals surface area contributed by atoms with Crippen LogP contribution in [-0.4, -0.2) is 47.5 Å². The second-order valence-corrected chi connectivity index (χ2v) is 9.03. The van der Waals surface area contributed by atoms with Gasteiger partial charge in [0.15, 0.2) is 5.69 Å². The molecule has 5 rings (SSSR count). The zero-order chi connectivity index (χ0) is 23.9. The minimum atomic E-state index is -0.143. The lowest BCUT2D eigenvalue weighted by atomic mass is 10.1. The van der Waals surface area contributed by atoms with E-state index >= 15 is 0 Å². The number of likely N-dealkylation sites (N-methyl/N-ethyl adjacent to an activating group) is 1. The molecular formula is C25H28N7O2+. The van der Waals surface area contributed by atoms with Gasteiger partial charge in [0, 0.05) is 36.6 Å². The average Bonchev–Trinajstić information content (AvgIpc) is 3.26. The minimum absolute atomic E-state index is 0.143. The van der Waals surface area contributed by atoms with Gasteiger partial charge in [-0.3, -0.25) is 9.28 Å². The molecule has 1 aliphatic heterocycles. The van der Waals surface area contributed by atoms with Crippen LogP contribution in [0.15, 0.2) is 54.7 Å². The molecule has 34 heavy (non-hydrogen) atoms. The lowest BCUT2D eigenvalue weighted by molar-refractivity contribution is -0.114. The summed E-state index contributed by atoms with van der Waals surface area (Å²) in [7, 11) is 4.44. The first-order valence-electron chi connectivity index (χ1n) is 11.2. The lowest BCUT2D eigenvalue weighted by Crippen LogP contribution is -2.54. The minimum Gasteiger partial charge on any atom is -0.438 e. The van der Waals surface area contributed by atoms with Crippen LogP contribution < -0.4 is 25.2 Å². The molecule has 0 saturated carbocycles. The summed E-state index contributed by atoms with van der Waals surface area (Å²) in [6.07, 6.45) is 1.80. The molecule has 0 saturated heterocycles. The van der Waals surface area contributed by atoms with Gasteiger partial charge in [0.1, 0.15) is 17.4 Å². The number of quaternary nitrogens is 1. The highest BCUT2D eigenvalue weighted by molar-refractivity contribution is 5.89. The summed E-state index contributed by atoms with van der Waals surface area (Å²) < 4.78 is 6.90. The number of nitrogens with one attached hydrogen (secondary N) is 4. The van der Waals surface area contributed by atoms with Gasteiger partial charge in [-0.25, -0.2) is 0 Å². The summed E-state index contributed by atoms with van der Waals surface area (Å²) in [5.74, 6) is 1.25. The molecule has 9 heteroatoms. The Kier molecular flexibility index (Phi) is 5.33. The molecule has 9 nitrogen and oxygen atoms in total. The number of ether oxygens (including phenoxy) is 1. The predicted octanol–water partition coefficient (Wildman–Crippen LogP) is 4.83. The molecule has 0 aliphatic carbocycles. The first-order valence-corrected chi connectivity index (χ1v) is 11.2. The Bertz CT molecular complexity index is 1380. The van der Waals surface area contributed by atoms with E-state index in [-0.39, 0.29) is 5.91 Å². The Morgan fingerprint density at radius 2 is 1.97 bits per heavy atom. The van der Waals surface area contributed by atoms with Gasteiger partial charge < -0.3 is 25.7 Å². The van der Waals surface area contributed by atoms with Crippen molar-refractivity contribution in [2.75, 3.05) is 36.6 Å². The number of aromatic amines is 1. The van der Waals surface area contributed by atoms with E-state index in [9.17, 15) is 4.79 Å². The third kappa shape index (κ3) is 4.13. The van der Waals surface area contributed by atoms with Crippen molar-refractivity contribution >= 4 is 45.6 Å². The van der Waals surface area contributed by atoms with Crippen molar-refractivity contribution in [3.05, 3.63) is 54.7 Å². The zero-order valence-corrected chi connectivity index (χ0v) is 19.6. The number of aromatic nitrogens is 3. The van der Waals surface area contributed by atoms with Crippen LogP contribution in [-0.2, 0) is 4.79 Å². The normalized spacial score (nSPS) is 16.4. The van der Waals surface area contributed by atoms with Crippen molar-refractivity contribution in [3.63, 3.8) is 0 Å². The van der Waals surface area contributed by atoms with E-state index in [0.717, 1.165) is 27.8 Å². The maximum absolute atomic E-state index is 11.4. The fourth-order valence-electron chi connectivity index (χ4n) is 4.09. The second kappa shape index (κ2) is 8.35. The molecule has 1 unspecified atom stereocenters. The van der Waals surface area contributed by atoms with Gasteiger partial charge in [-0.15, -0.1) is 0 Å². The van der Waals surface area contributed by atoms with Crippen molar-refractivity contribution in [1.82, 2.24) is 19.4 Å². The first kappa shape index (κ1) is 21.7. The van der Waals surface area contributed by atoms with E-state index < -0.39 is 0 Å². The van der Waals surface area contributed by atoms with Crippen LogP contribution in [0.25, 0.3) is 11.0 Å². The van der Waals surface area contributed by atoms with Gasteiger partial charge in [-0.1, -0.05) is 6.07 Å². The highest BCUT2D eigenvalue weighted by Gasteiger charge is 2.33. The smallest absolute Gasteiger partial charge is 0.233 e. The summed E-state index contributed by atoms with van der Waals surface area (Å²) in [6, 6.07) is 15.8. The van der Waals surface area contributed by atoms with Crippen LogP contribution in [0.3, 0.4) is 0 Å². The molecule has 0 radical (unpaired) electrons. The van der Waals surface area contributed by atoms with E-state index in [2.05, 4.69) is 64.1 Å². The van der Waals surface area contributed by atoms with Crippen LogP contribution in [0.1, 0.15) is 13.8 Å². The van der Waals surface area contributed by atoms with Crippen LogP contribution in [0.2, 0.25) is 0 Å². The third-order valence-corrected chi connectivity index (χ3v) is 6.31. The largest absolute Gasteiger partial charge is 0.438 e. The lowest BCUT2D eigenvalue weighted by Gasteiger charge is -2.41. The summed E-state index contributed by atoms with van der Waals surface area (Å²) in [6.45, 7) is 4.64. The van der Waals surface area contributed by atoms with Crippen LogP contribution in [0.4, 0.5) is 28.7 Å². The Balaban J connectivity index is 1.46. The molecule has 0 bridgehead atoms. The van der Waals surface area contributed by atoms with Gasteiger partial charge in [0.05, 0.1) is 31.7 Å². The molecule has 174 valence electrons. The monoisotopic (exact) mass is 458 g/mol. The zero-order valence-electron chi connectivity index (χ0n) is 19.6. The molecule has 3 heterocycles. The van der Waals surface area contributed by atoms with Crippen molar-refractivity contribution in [2.45, 2.75) is 19.9 Å². The van der Waals surface area contributed by atoms with Crippen molar-refractivity contribution in [2.24, 2.45) is 0 Å². The maximum atomic E-state index is 11.4. The van der Waals surface area contributed by atoms with E-state index in [1.54, 1.807) is 18.3 Å².